The van der Waals surface area contributed by atoms with Gasteiger partial charge in [-0.05, 0) is 38.5 Å². The maximum absolute atomic E-state index is 13.2. The number of halogens is 1. The minimum atomic E-state index is -0.318. The maximum Gasteiger partial charge on any atom is 0.226 e. The van der Waals surface area contributed by atoms with Gasteiger partial charge in [-0.1, -0.05) is 6.07 Å². The molecule has 0 saturated carbocycles. The first-order valence-corrected chi connectivity index (χ1v) is 5.66. The third-order valence-electron chi connectivity index (χ3n) is 2.24. The van der Waals surface area contributed by atoms with Crippen molar-refractivity contribution in [3.05, 3.63) is 29.6 Å². The number of benzene rings is 1. The van der Waals surface area contributed by atoms with Gasteiger partial charge in [0.05, 0.1) is 19.1 Å². The van der Waals surface area contributed by atoms with Gasteiger partial charge in [-0.2, -0.15) is 0 Å². The Morgan fingerprint density at radius 3 is 2.76 bits per heavy atom. The molecule has 0 saturated heterocycles. The molecule has 0 heterocycles. The van der Waals surface area contributed by atoms with Gasteiger partial charge in [-0.25, -0.2) is 4.39 Å². The molecular weight excluding hydrogens is 221 g/mol. The van der Waals surface area contributed by atoms with Crippen LogP contribution in [0.25, 0.3) is 0 Å². The monoisotopic (exact) mass is 239 g/mol. The van der Waals surface area contributed by atoms with E-state index in [1.54, 1.807) is 19.1 Å². The van der Waals surface area contributed by atoms with Crippen LogP contribution in [0.4, 0.5) is 10.1 Å². The molecule has 0 unspecified atom stereocenters. The molecule has 1 aromatic rings. The molecular formula is C13H18FNO2. The van der Waals surface area contributed by atoms with Crippen molar-refractivity contribution in [2.45, 2.75) is 33.3 Å². The predicted molar refractivity (Wildman–Crippen MR) is 65.5 cm³/mol. The molecule has 17 heavy (non-hydrogen) atoms. The van der Waals surface area contributed by atoms with Gasteiger partial charge in [0.25, 0.3) is 0 Å². The van der Waals surface area contributed by atoms with Crippen LogP contribution in [0.15, 0.2) is 18.2 Å². The average Bonchev–Trinajstić information content (AvgIpc) is 2.23. The average molecular weight is 239 g/mol. The third-order valence-corrected chi connectivity index (χ3v) is 2.24. The SMILES string of the molecule is Cc1ccc(NC(=O)CCOC(C)C)cc1F. The molecule has 1 amide bonds. The second-order valence-corrected chi connectivity index (χ2v) is 4.18. The molecule has 0 radical (unpaired) electrons. The van der Waals surface area contributed by atoms with Gasteiger partial charge in [0.2, 0.25) is 5.91 Å². The summed E-state index contributed by atoms with van der Waals surface area (Å²) >= 11 is 0. The Balaban J connectivity index is 2.42. The summed E-state index contributed by atoms with van der Waals surface area (Å²) in [5.41, 5.74) is 1.04. The summed E-state index contributed by atoms with van der Waals surface area (Å²) < 4.78 is 18.5. The quantitative estimate of drug-likeness (QED) is 0.858. The first-order valence-electron chi connectivity index (χ1n) is 5.66. The molecule has 1 rings (SSSR count). The molecule has 3 nitrogen and oxygen atoms in total. The van der Waals surface area contributed by atoms with Crippen molar-refractivity contribution in [3.8, 4) is 0 Å². The van der Waals surface area contributed by atoms with Crippen LogP contribution in [-0.2, 0) is 9.53 Å². The number of carbonyl (C=O) groups excluding carboxylic acids is 1. The maximum atomic E-state index is 13.2. The van der Waals surface area contributed by atoms with Gasteiger partial charge < -0.3 is 10.1 Å². The highest BCUT2D eigenvalue weighted by atomic mass is 19.1. The smallest absolute Gasteiger partial charge is 0.226 e. The molecule has 4 heteroatoms. The van der Waals surface area contributed by atoms with Crippen molar-refractivity contribution in [2.24, 2.45) is 0 Å². The van der Waals surface area contributed by atoms with Gasteiger partial charge in [0.15, 0.2) is 0 Å². The van der Waals surface area contributed by atoms with Crippen LogP contribution < -0.4 is 5.32 Å². The number of hydrogen-bond donors (Lipinski definition) is 1. The number of hydrogen-bond acceptors (Lipinski definition) is 2. The van der Waals surface area contributed by atoms with E-state index in [-0.39, 0.29) is 24.2 Å². The normalized spacial score (nSPS) is 10.6. The van der Waals surface area contributed by atoms with Crippen LogP contribution in [0.5, 0.6) is 0 Å². The first kappa shape index (κ1) is 13.6. The number of aryl methyl sites for hydroxylation is 1. The van der Waals surface area contributed by atoms with E-state index in [4.69, 9.17) is 4.74 Å². The highest BCUT2D eigenvalue weighted by Gasteiger charge is 2.05. The lowest BCUT2D eigenvalue weighted by Crippen LogP contribution is -2.15. The standard InChI is InChI=1S/C13H18FNO2/c1-9(2)17-7-6-13(16)15-11-5-4-10(3)12(14)8-11/h4-5,8-9H,6-7H2,1-3H3,(H,15,16). The van der Waals surface area contributed by atoms with E-state index in [9.17, 15) is 9.18 Å². The zero-order valence-corrected chi connectivity index (χ0v) is 10.4. The fraction of sp³-hybridized carbons (Fsp3) is 0.462. The van der Waals surface area contributed by atoms with Gasteiger partial charge in [0, 0.05) is 5.69 Å². The van der Waals surface area contributed by atoms with E-state index in [0.29, 0.717) is 17.9 Å². The third kappa shape index (κ3) is 4.95. The summed E-state index contributed by atoms with van der Waals surface area (Å²) in [4.78, 5) is 11.5. The lowest BCUT2D eigenvalue weighted by molar-refractivity contribution is -0.117. The summed E-state index contributed by atoms with van der Waals surface area (Å²) in [7, 11) is 0. The Bertz CT molecular complexity index is 391. The Kier molecular flexibility index (Phi) is 5.10. The lowest BCUT2D eigenvalue weighted by atomic mass is 10.2. The van der Waals surface area contributed by atoms with E-state index >= 15 is 0 Å². The molecule has 0 bridgehead atoms. The van der Waals surface area contributed by atoms with Gasteiger partial charge >= 0.3 is 0 Å². The van der Waals surface area contributed by atoms with Crippen LogP contribution in [0.2, 0.25) is 0 Å². The molecule has 1 aromatic carbocycles. The summed E-state index contributed by atoms with van der Waals surface area (Å²) in [6, 6.07) is 4.63. The first-order chi connectivity index (χ1) is 7.99. The highest BCUT2D eigenvalue weighted by molar-refractivity contribution is 5.90. The van der Waals surface area contributed by atoms with Crippen LogP contribution in [0.3, 0.4) is 0 Å². The summed E-state index contributed by atoms with van der Waals surface area (Å²) in [6.07, 6.45) is 0.382. The molecule has 94 valence electrons. The molecule has 0 aliphatic carbocycles. The second kappa shape index (κ2) is 6.35. The van der Waals surface area contributed by atoms with Crippen molar-refractivity contribution < 1.29 is 13.9 Å². The molecule has 0 fully saturated rings. The number of rotatable bonds is 5. The fourth-order valence-electron chi connectivity index (χ4n) is 1.28. The fourth-order valence-corrected chi connectivity index (χ4v) is 1.28. The molecule has 0 aromatic heterocycles. The van der Waals surface area contributed by atoms with Crippen molar-refractivity contribution in [1.29, 1.82) is 0 Å². The van der Waals surface area contributed by atoms with Crippen LogP contribution in [-0.4, -0.2) is 18.6 Å². The summed E-state index contributed by atoms with van der Waals surface area (Å²) in [6.45, 7) is 5.87. The minimum absolute atomic E-state index is 0.111. The van der Waals surface area contributed by atoms with E-state index < -0.39 is 0 Å². The Hall–Kier alpha value is -1.42. The van der Waals surface area contributed by atoms with E-state index in [2.05, 4.69) is 5.32 Å². The molecule has 0 aliphatic rings. The molecule has 1 N–H and O–H groups in total. The van der Waals surface area contributed by atoms with E-state index in [1.807, 2.05) is 13.8 Å². The number of anilines is 1. The van der Waals surface area contributed by atoms with Gasteiger partial charge in [0.1, 0.15) is 5.82 Å². The minimum Gasteiger partial charge on any atom is -0.378 e. The summed E-state index contributed by atoms with van der Waals surface area (Å²) in [5.74, 6) is -0.491. The summed E-state index contributed by atoms with van der Waals surface area (Å²) in [5, 5.41) is 2.62. The van der Waals surface area contributed by atoms with Crippen molar-refractivity contribution >= 4 is 11.6 Å². The molecule has 0 atom stereocenters. The van der Waals surface area contributed by atoms with Gasteiger partial charge in [-0.15, -0.1) is 0 Å². The number of ether oxygens (including phenoxy) is 1. The Morgan fingerprint density at radius 1 is 1.47 bits per heavy atom. The zero-order valence-electron chi connectivity index (χ0n) is 10.4. The van der Waals surface area contributed by atoms with E-state index in [1.165, 1.54) is 6.07 Å². The zero-order chi connectivity index (χ0) is 12.8. The number of nitrogens with one attached hydrogen (secondary N) is 1. The number of amides is 1. The largest absolute Gasteiger partial charge is 0.378 e. The molecule has 0 aliphatic heterocycles. The van der Waals surface area contributed by atoms with Crippen LogP contribution >= 0.6 is 0 Å². The Labute approximate surface area is 101 Å². The second-order valence-electron chi connectivity index (χ2n) is 4.18. The van der Waals surface area contributed by atoms with Gasteiger partial charge in [-0.3, -0.25) is 4.79 Å². The van der Waals surface area contributed by atoms with Crippen molar-refractivity contribution in [2.75, 3.05) is 11.9 Å². The lowest BCUT2D eigenvalue weighted by Gasteiger charge is -2.08. The van der Waals surface area contributed by atoms with Crippen LogP contribution in [0, 0.1) is 12.7 Å². The predicted octanol–water partition coefficient (Wildman–Crippen LogP) is 2.89. The van der Waals surface area contributed by atoms with Crippen LogP contribution in [0.1, 0.15) is 25.8 Å². The van der Waals surface area contributed by atoms with Crippen molar-refractivity contribution in [1.82, 2.24) is 0 Å². The van der Waals surface area contributed by atoms with Crippen molar-refractivity contribution in [3.63, 3.8) is 0 Å². The Morgan fingerprint density at radius 2 is 2.18 bits per heavy atom. The topological polar surface area (TPSA) is 38.3 Å². The highest BCUT2D eigenvalue weighted by Crippen LogP contribution is 2.13. The number of carbonyl (C=O) groups is 1. The molecule has 0 spiro atoms. The van der Waals surface area contributed by atoms with E-state index in [0.717, 1.165) is 0 Å².